The molecule has 0 aliphatic rings. The maximum Gasteiger partial charge on any atom is 0.224 e. The molecule has 0 saturated carbocycles. The lowest BCUT2D eigenvalue weighted by Gasteiger charge is -2.09. The fourth-order valence-corrected chi connectivity index (χ4v) is 0.979. The predicted octanol–water partition coefficient (Wildman–Crippen LogP) is 1.79. The molecule has 0 aliphatic carbocycles. The molecule has 0 rings (SSSR count). The summed E-state index contributed by atoms with van der Waals surface area (Å²) in [5.41, 5.74) is 0. The number of rotatable bonds is 8. The smallest absolute Gasteiger partial charge is 0.224 e. The van der Waals surface area contributed by atoms with E-state index in [4.69, 9.17) is 16.3 Å². The van der Waals surface area contributed by atoms with Gasteiger partial charge in [0.15, 0.2) is 0 Å². The number of halogens is 1. The molecule has 0 aromatic heterocycles. The number of hydrogen-bond acceptors (Lipinski definition) is 2. The second-order valence-electron chi connectivity index (χ2n) is 3.31. The summed E-state index contributed by atoms with van der Waals surface area (Å²) < 4.78 is 5.29. The summed E-state index contributed by atoms with van der Waals surface area (Å²) in [7, 11) is 0. The van der Waals surface area contributed by atoms with Gasteiger partial charge in [-0.25, -0.2) is 0 Å². The van der Waals surface area contributed by atoms with E-state index >= 15 is 0 Å². The van der Waals surface area contributed by atoms with Gasteiger partial charge in [-0.2, -0.15) is 0 Å². The molecule has 0 aliphatic heterocycles. The minimum atomic E-state index is -0.118. The summed E-state index contributed by atoms with van der Waals surface area (Å²) in [6, 6.07) is 0. The van der Waals surface area contributed by atoms with Crippen LogP contribution in [0.1, 0.15) is 26.7 Å². The van der Waals surface area contributed by atoms with Gasteiger partial charge in [0, 0.05) is 24.9 Å². The summed E-state index contributed by atoms with van der Waals surface area (Å²) in [4.78, 5) is 11.2. The van der Waals surface area contributed by atoms with Crippen LogP contribution in [-0.2, 0) is 9.53 Å². The maximum atomic E-state index is 11.2. The Kier molecular flexibility index (Phi) is 9.10. The van der Waals surface area contributed by atoms with Gasteiger partial charge < -0.3 is 10.1 Å². The predicted molar refractivity (Wildman–Crippen MR) is 58.6 cm³/mol. The molecule has 14 heavy (non-hydrogen) atoms. The van der Waals surface area contributed by atoms with Gasteiger partial charge >= 0.3 is 0 Å². The number of ether oxygens (including phenoxy) is 1. The van der Waals surface area contributed by atoms with Crippen molar-refractivity contribution in [2.24, 2.45) is 5.92 Å². The Labute approximate surface area is 91.2 Å². The highest BCUT2D eigenvalue weighted by Gasteiger charge is 2.09. The standard InChI is InChI=1S/C10H20ClNO2/c1-3-4-6-14-7-5-12-10(13)9(2)8-11/h9H,3-8H2,1-2H3,(H,12,13). The summed E-state index contributed by atoms with van der Waals surface area (Å²) in [5.74, 6) is 0.245. The first-order valence-electron chi connectivity index (χ1n) is 5.13. The van der Waals surface area contributed by atoms with Crippen LogP contribution >= 0.6 is 11.6 Å². The minimum Gasteiger partial charge on any atom is -0.380 e. The van der Waals surface area contributed by atoms with Crippen molar-refractivity contribution < 1.29 is 9.53 Å². The van der Waals surface area contributed by atoms with E-state index in [1.54, 1.807) is 6.92 Å². The van der Waals surface area contributed by atoms with Gasteiger partial charge in [-0.3, -0.25) is 4.79 Å². The van der Waals surface area contributed by atoms with Crippen LogP contribution < -0.4 is 5.32 Å². The van der Waals surface area contributed by atoms with E-state index in [1.807, 2.05) is 0 Å². The minimum absolute atomic E-state index is 0.000841. The van der Waals surface area contributed by atoms with Gasteiger partial charge in [-0.05, 0) is 6.42 Å². The van der Waals surface area contributed by atoms with Gasteiger partial charge in [-0.15, -0.1) is 11.6 Å². The Morgan fingerprint density at radius 3 is 2.79 bits per heavy atom. The normalized spacial score (nSPS) is 12.5. The Bertz CT molecular complexity index is 153. The monoisotopic (exact) mass is 221 g/mol. The van der Waals surface area contributed by atoms with Crippen LogP contribution in [0.2, 0.25) is 0 Å². The Balaban J connectivity index is 3.23. The zero-order valence-corrected chi connectivity index (χ0v) is 9.77. The number of carbonyl (C=O) groups excluding carboxylic acids is 1. The first-order chi connectivity index (χ1) is 6.72. The molecule has 0 radical (unpaired) electrons. The van der Waals surface area contributed by atoms with E-state index < -0.39 is 0 Å². The molecule has 0 saturated heterocycles. The van der Waals surface area contributed by atoms with Crippen molar-refractivity contribution in [3.63, 3.8) is 0 Å². The first kappa shape index (κ1) is 13.7. The maximum absolute atomic E-state index is 11.2. The zero-order valence-electron chi connectivity index (χ0n) is 9.01. The highest BCUT2D eigenvalue weighted by atomic mass is 35.5. The fourth-order valence-electron chi connectivity index (χ4n) is 0.839. The van der Waals surface area contributed by atoms with Crippen molar-refractivity contribution in [3.05, 3.63) is 0 Å². The molecule has 0 spiro atoms. The summed E-state index contributed by atoms with van der Waals surface area (Å²) >= 11 is 5.54. The molecular formula is C10H20ClNO2. The van der Waals surface area contributed by atoms with Crippen LogP contribution in [0.4, 0.5) is 0 Å². The summed E-state index contributed by atoms with van der Waals surface area (Å²) in [5, 5.41) is 2.76. The molecule has 0 fully saturated rings. The van der Waals surface area contributed by atoms with Crippen LogP contribution in [0.3, 0.4) is 0 Å². The van der Waals surface area contributed by atoms with Crippen LogP contribution in [0.15, 0.2) is 0 Å². The van der Waals surface area contributed by atoms with Crippen LogP contribution in [0.25, 0.3) is 0 Å². The second kappa shape index (κ2) is 9.28. The quantitative estimate of drug-likeness (QED) is 0.502. The topological polar surface area (TPSA) is 38.3 Å². The third-order valence-electron chi connectivity index (χ3n) is 1.87. The molecule has 0 aromatic carbocycles. The number of unbranched alkanes of at least 4 members (excludes halogenated alkanes) is 1. The zero-order chi connectivity index (χ0) is 10.8. The lowest BCUT2D eigenvalue weighted by atomic mass is 10.2. The van der Waals surface area contributed by atoms with Crippen molar-refractivity contribution in [1.82, 2.24) is 5.32 Å². The van der Waals surface area contributed by atoms with Crippen LogP contribution in [0.5, 0.6) is 0 Å². The summed E-state index contributed by atoms with van der Waals surface area (Å²) in [6.07, 6.45) is 2.21. The highest BCUT2D eigenvalue weighted by molar-refractivity contribution is 6.19. The molecule has 0 heterocycles. The molecule has 4 heteroatoms. The molecule has 3 nitrogen and oxygen atoms in total. The van der Waals surface area contributed by atoms with E-state index in [1.165, 1.54) is 0 Å². The molecular weight excluding hydrogens is 202 g/mol. The fraction of sp³-hybridized carbons (Fsp3) is 0.900. The van der Waals surface area contributed by atoms with Crippen LogP contribution in [-0.4, -0.2) is 31.5 Å². The third kappa shape index (κ3) is 7.15. The molecule has 1 N–H and O–H groups in total. The van der Waals surface area contributed by atoms with E-state index in [2.05, 4.69) is 12.2 Å². The largest absolute Gasteiger partial charge is 0.380 e. The number of carbonyl (C=O) groups is 1. The number of nitrogens with one attached hydrogen (secondary N) is 1. The Morgan fingerprint density at radius 2 is 2.21 bits per heavy atom. The highest BCUT2D eigenvalue weighted by Crippen LogP contribution is 1.96. The van der Waals surface area contributed by atoms with Crippen molar-refractivity contribution >= 4 is 17.5 Å². The van der Waals surface area contributed by atoms with Gasteiger partial charge in [0.2, 0.25) is 5.91 Å². The average Bonchev–Trinajstić information content (AvgIpc) is 2.21. The second-order valence-corrected chi connectivity index (χ2v) is 3.62. The van der Waals surface area contributed by atoms with Crippen molar-refractivity contribution in [2.75, 3.05) is 25.6 Å². The lowest BCUT2D eigenvalue weighted by Crippen LogP contribution is -2.32. The lowest BCUT2D eigenvalue weighted by molar-refractivity contribution is -0.124. The van der Waals surface area contributed by atoms with Gasteiger partial charge in [0.25, 0.3) is 0 Å². The van der Waals surface area contributed by atoms with Crippen molar-refractivity contribution in [1.29, 1.82) is 0 Å². The molecule has 0 aromatic rings. The average molecular weight is 222 g/mol. The first-order valence-corrected chi connectivity index (χ1v) is 5.67. The van der Waals surface area contributed by atoms with Gasteiger partial charge in [-0.1, -0.05) is 20.3 Å². The van der Waals surface area contributed by atoms with Gasteiger partial charge in [0.05, 0.1) is 6.61 Å². The molecule has 1 unspecified atom stereocenters. The number of amides is 1. The van der Waals surface area contributed by atoms with E-state index in [9.17, 15) is 4.79 Å². The number of hydrogen-bond donors (Lipinski definition) is 1. The van der Waals surface area contributed by atoms with E-state index in [0.29, 0.717) is 19.0 Å². The van der Waals surface area contributed by atoms with Crippen molar-refractivity contribution in [3.8, 4) is 0 Å². The van der Waals surface area contributed by atoms with E-state index in [0.717, 1.165) is 19.4 Å². The molecule has 84 valence electrons. The molecule has 1 atom stereocenters. The van der Waals surface area contributed by atoms with Crippen LogP contribution in [0, 0.1) is 5.92 Å². The van der Waals surface area contributed by atoms with Gasteiger partial charge in [0.1, 0.15) is 0 Å². The molecule has 1 amide bonds. The number of alkyl halides is 1. The van der Waals surface area contributed by atoms with E-state index in [-0.39, 0.29) is 11.8 Å². The third-order valence-corrected chi connectivity index (χ3v) is 2.33. The SMILES string of the molecule is CCCCOCCNC(=O)C(C)CCl. The Morgan fingerprint density at radius 1 is 1.50 bits per heavy atom. The molecule has 0 bridgehead atoms. The Hall–Kier alpha value is -0.280. The van der Waals surface area contributed by atoms with Crippen molar-refractivity contribution in [2.45, 2.75) is 26.7 Å². The summed E-state index contributed by atoms with van der Waals surface area (Å²) in [6.45, 7) is 5.86.